The zero-order valence-corrected chi connectivity index (χ0v) is 13.7. The minimum Gasteiger partial charge on any atom is -0.359 e. The molecule has 1 aromatic carbocycles. The second-order valence-electron chi connectivity index (χ2n) is 5.17. The number of carbonyl (C=O) groups is 1. The fourth-order valence-corrected chi connectivity index (χ4v) is 2.63. The van der Waals surface area contributed by atoms with Gasteiger partial charge < -0.3 is 9.84 Å². The van der Waals surface area contributed by atoms with Gasteiger partial charge in [-0.1, -0.05) is 5.16 Å². The van der Waals surface area contributed by atoms with Crippen LogP contribution in [-0.4, -0.2) is 24.5 Å². The first-order chi connectivity index (χ1) is 11.9. The van der Waals surface area contributed by atoms with Gasteiger partial charge in [0, 0.05) is 29.6 Å². The molecule has 1 amide bonds. The Bertz CT molecular complexity index is 982. The van der Waals surface area contributed by atoms with Crippen LogP contribution in [0.4, 0.5) is 0 Å². The Kier molecular flexibility index (Phi) is 4.59. The van der Waals surface area contributed by atoms with E-state index in [1.807, 2.05) is 6.07 Å². The summed E-state index contributed by atoms with van der Waals surface area (Å²) >= 11 is 0. The Morgan fingerprint density at radius 1 is 1.20 bits per heavy atom. The smallest absolute Gasteiger partial charge is 0.251 e. The summed E-state index contributed by atoms with van der Waals surface area (Å²) in [6.07, 6.45) is 3.32. The van der Waals surface area contributed by atoms with Gasteiger partial charge in [-0.15, -0.1) is 0 Å². The SMILES string of the molecule is NS(=O)(=O)c1ccc(C(=O)NCc2cc(-c3cccnc3)no2)cc1. The fraction of sp³-hybridized carbons (Fsp3) is 0.0625. The van der Waals surface area contributed by atoms with Crippen molar-refractivity contribution in [2.24, 2.45) is 5.14 Å². The average molecular weight is 358 g/mol. The highest BCUT2D eigenvalue weighted by atomic mass is 32.2. The molecule has 8 nitrogen and oxygen atoms in total. The number of nitrogens with one attached hydrogen (secondary N) is 1. The second-order valence-corrected chi connectivity index (χ2v) is 6.73. The number of hydrogen-bond donors (Lipinski definition) is 2. The summed E-state index contributed by atoms with van der Waals surface area (Å²) in [6, 6.07) is 10.7. The van der Waals surface area contributed by atoms with Crippen LogP contribution in [-0.2, 0) is 16.6 Å². The Morgan fingerprint density at radius 2 is 1.96 bits per heavy atom. The molecule has 0 spiro atoms. The van der Waals surface area contributed by atoms with Crippen LogP contribution >= 0.6 is 0 Å². The summed E-state index contributed by atoms with van der Waals surface area (Å²) < 4.78 is 27.6. The predicted octanol–water partition coefficient (Wildman–Crippen LogP) is 1.31. The molecule has 3 rings (SSSR count). The van der Waals surface area contributed by atoms with Gasteiger partial charge in [0.2, 0.25) is 10.0 Å². The molecule has 0 unspecified atom stereocenters. The lowest BCUT2D eigenvalue weighted by Gasteiger charge is -2.04. The number of sulfonamides is 1. The molecule has 0 radical (unpaired) electrons. The van der Waals surface area contributed by atoms with E-state index < -0.39 is 10.0 Å². The molecule has 3 N–H and O–H groups in total. The van der Waals surface area contributed by atoms with Crippen LogP contribution in [0.15, 0.2) is 64.3 Å². The molecule has 2 heterocycles. The highest BCUT2D eigenvalue weighted by molar-refractivity contribution is 7.89. The largest absolute Gasteiger partial charge is 0.359 e. The number of nitrogens with two attached hydrogens (primary N) is 1. The number of amides is 1. The third-order valence-electron chi connectivity index (χ3n) is 3.38. The Hall–Kier alpha value is -3.04. The van der Waals surface area contributed by atoms with E-state index in [0.29, 0.717) is 17.0 Å². The van der Waals surface area contributed by atoms with Crippen molar-refractivity contribution in [3.63, 3.8) is 0 Å². The van der Waals surface area contributed by atoms with Crippen molar-refractivity contribution in [1.29, 1.82) is 0 Å². The van der Waals surface area contributed by atoms with Crippen LogP contribution in [0.2, 0.25) is 0 Å². The van der Waals surface area contributed by atoms with Gasteiger partial charge in [0.25, 0.3) is 5.91 Å². The molecule has 25 heavy (non-hydrogen) atoms. The first-order valence-corrected chi connectivity index (χ1v) is 8.75. The standard InChI is InChI=1S/C16H14N4O4S/c17-25(22,23)14-5-3-11(4-6-14)16(21)19-10-13-8-15(20-24-13)12-2-1-7-18-9-12/h1-9H,10H2,(H,19,21)(H2,17,22,23). The normalized spacial score (nSPS) is 11.2. The van der Waals surface area contributed by atoms with Gasteiger partial charge in [0.15, 0.2) is 5.76 Å². The van der Waals surface area contributed by atoms with Crippen LogP contribution in [0.3, 0.4) is 0 Å². The number of pyridine rings is 1. The van der Waals surface area contributed by atoms with E-state index in [1.165, 1.54) is 24.3 Å². The van der Waals surface area contributed by atoms with E-state index in [9.17, 15) is 13.2 Å². The summed E-state index contributed by atoms with van der Waals surface area (Å²) in [5.74, 6) is 0.105. The number of hydrogen-bond acceptors (Lipinski definition) is 6. The van der Waals surface area contributed by atoms with E-state index in [1.54, 1.807) is 24.5 Å². The van der Waals surface area contributed by atoms with Crippen molar-refractivity contribution in [1.82, 2.24) is 15.5 Å². The molecule has 128 valence electrons. The summed E-state index contributed by atoms with van der Waals surface area (Å²) in [5, 5.41) is 11.6. The quantitative estimate of drug-likeness (QED) is 0.708. The van der Waals surface area contributed by atoms with Crippen molar-refractivity contribution >= 4 is 15.9 Å². The third-order valence-corrected chi connectivity index (χ3v) is 4.31. The number of carbonyl (C=O) groups excluding carboxylic acids is 1. The molecular weight excluding hydrogens is 344 g/mol. The topological polar surface area (TPSA) is 128 Å². The lowest BCUT2D eigenvalue weighted by Crippen LogP contribution is -2.22. The first kappa shape index (κ1) is 16.8. The average Bonchev–Trinajstić information content (AvgIpc) is 3.09. The van der Waals surface area contributed by atoms with Gasteiger partial charge in [-0.25, -0.2) is 13.6 Å². The Balaban J connectivity index is 1.64. The minimum atomic E-state index is -3.78. The molecule has 0 bridgehead atoms. The van der Waals surface area contributed by atoms with E-state index >= 15 is 0 Å². The molecule has 3 aromatic rings. The van der Waals surface area contributed by atoms with E-state index in [4.69, 9.17) is 9.66 Å². The summed E-state index contributed by atoms with van der Waals surface area (Å²) in [4.78, 5) is 16.0. The van der Waals surface area contributed by atoms with E-state index in [-0.39, 0.29) is 17.3 Å². The van der Waals surface area contributed by atoms with Crippen LogP contribution < -0.4 is 10.5 Å². The molecule has 0 aliphatic rings. The molecule has 2 aromatic heterocycles. The number of rotatable bonds is 5. The zero-order chi connectivity index (χ0) is 17.9. The maximum Gasteiger partial charge on any atom is 0.251 e. The van der Waals surface area contributed by atoms with Gasteiger partial charge in [0.05, 0.1) is 11.4 Å². The molecule has 0 saturated carbocycles. The van der Waals surface area contributed by atoms with Crippen LogP contribution in [0.1, 0.15) is 16.1 Å². The van der Waals surface area contributed by atoms with Gasteiger partial charge in [-0.3, -0.25) is 9.78 Å². The number of primary sulfonamides is 1. The molecule has 0 aliphatic carbocycles. The lowest BCUT2D eigenvalue weighted by molar-refractivity contribution is 0.0947. The predicted molar refractivity (Wildman–Crippen MR) is 88.7 cm³/mol. The summed E-state index contributed by atoms with van der Waals surface area (Å²) in [5.41, 5.74) is 1.73. The minimum absolute atomic E-state index is 0.0552. The second kappa shape index (κ2) is 6.83. The van der Waals surface area contributed by atoms with Crippen molar-refractivity contribution in [3.05, 3.63) is 66.2 Å². The van der Waals surface area contributed by atoms with Crippen molar-refractivity contribution in [2.45, 2.75) is 11.4 Å². The molecule has 0 saturated heterocycles. The highest BCUT2D eigenvalue weighted by Crippen LogP contribution is 2.17. The van der Waals surface area contributed by atoms with Crippen molar-refractivity contribution < 1.29 is 17.7 Å². The fourth-order valence-electron chi connectivity index (χ4n) is 2.11. The maximum atomic E-state index is 12.1. The van der Waals surface area contributed by atoms with Gasteiger partial charge >= 0.3 is 0 Å². The Morgan fingerprint density at radius 3 is 2.60 bits per heavy atom. The summed E-state index contributed by atoms with van der Waals surface area (Å²) in [6.45, 7) is 0.142. The van der Waals surface area contributed by atoms with Gasteiger partial charge in [-0.2, -0.15) is 0 Å². The molecule has 0 aliphatic heterocycles. The van der Waals surface area contributed by atoms with Gasteiger partial charge in [0.1, 0.15) is 5.69 Å². The molecular formula is C16H14N4O4S. The monoisotopic (exact) mass is 358 g/mol. The molecule has 9 heteroatoms. The summed E-state index contributed by atoms with van der Waals surface area (Å²) in [7, 11) is -3.78. The lowest BCUT2D eigenvalue weighted by atomic mass is 10.2. The molecule has 0 atom stereocenters. The van der Waals surface area contributed by atoms with E-state index in [2.05, 4.69) is 15.5 Å². The van der Waals surface area contributed by atoms with Crippen LogP contribution in [0.25, 0.3) is 11.3 Å². The van der Waals surface area contributed by atoms with Gasteiger partial charge in [-0.05, 0) is 36.4 Å². The Labute approximate surface area is 143 Å². The van der Waals surface area contributed by atoms with Crippen molar-refractivity contribution in [3.8, 4) is 11.3 Å². The number of nitrogens with zero attached hydrogens (tertiary/aromatic N) is 2. The number of benzene rings is 1. The first-order valence-electron chi connectivity index (χ1n) is 7.20. The van der Waals surface area contributed by atoms with Crippen LogP contribution in [0, 0.1) is 0 Å². The van der Waals surface area contributed by atoms with Crippen LogP contribution in [0.5, 0.6) is 0 Å². The highest BCUT2D eigenvalue weighted by Gasteiger charge is 2.12. The third kappa shape index (κ3) is 4.08. The zero-order valence-electron chi connectivity index (χ0n) is 12.9. The van der Waals surface area contributed by atoms with Crippen molar-refractivity contribution in [2.75, 3.05) is 0 Å². The number of aromatic nitrogens is 2. The maximum absolute atomic E-state index is 12.1. The molecule has 0 fully saturated rings. The van der Waals surface area contributed by atoms with E-state index in [0.717, 1.165) is 5.56 Å².